The standard InChI is InChI=1S/C12H14BrNO/c1-9-6-10-4-2-3-5-11(10)14(8-9)12(15)7-13/h2-5,9H,6-8H2,1H3. The molecule has 1 heterocycles. The van der Waals surface area contributed by atoms with Crippen molar-refractivity contribution in [2.75, 3.05) is 16.8 Å². The van der Waals surface area contributed by atoms with Gasteiger partial charge in [0, 0.05) is 12.2 Å². The van der Waals surface area contributed by atoms with Crippen LogP contribution in [0.3, 0.4) is 0 Å². The molecule has 3 heteroatoms. The van der Waals surface area contributed by atoms with Crippen molar-refractivity contribution in [2.45, 2.75) is 13.3 Å². The molecule has 0 saturated heterocycles. The molecule has 1 aromatic carbocycles. The van der Waals surface area contributed by atoms with Gasteiger partial charge in [-0.05, 0) is 24.0 Å². The number of amides is 1. The van der Waals surface area contributed by atoms with Crippen molar-refractivity contribution >= 4 is 27.5 Å². The normalized spacial score (nSPS) is 19.9. The fourth-order valence-electron chi connectivity index (χ4n) is 2.11. The first-order chi connectivity index (χ1) is 7.22. The molecule has 15 heavy (non-hydrogen) atoms. The van der Waals surface area contributed by atoms with Crippen molar-refractivity contribution in [1.82, 2.24) is 0 Å². The highest BCUT2D eigenvalue weighted by Gasteiger charge is 2.24. The Morgan fingerprint density at radius 3 is 3.00 bits per heavy atom. The Balaban J connectivity index is 2.38. The quantitative estimate of drug-likeness (QED) is 0.717. The lowest BCUT2D eigenvalue weighted by molar-refractivity contribution is -0.116. The summed E-state index contributed by atoms with van der Waals surface area (Å²) in [5, 5.41) is 0.397. The Labute approximate surface area is 98.4 Å². The second-order valence-electron chi connectivity index (χ2n) is 4.08. The van der Waals surface area contributed by atoms with Gasteiger partial charge in [-0.1, -0.05) is 41.1 Å². The number of carbonyl (C=O) groups is 1. The SMILES string of the molecule is CC1Cc2ccccc2N(C(=O)CBr)C1. The highest BCUT2D eigenvalue weighted by Crippen LogP contribution is 2.29. The second-order valence-corrected chi connectivity index (χ2v) is 4.64. The molecule has 0 saturated carbocycles. The number of hydrogen-bond donors (Lipinski definition) is 0. The van der Waals surface area contributed by atoms with Crippen LogP contribution in [0.2, 0.25) is 0 Å². The van der Waals surface area contributed by atoms with E-state index < -0.39 is 0 Å². The third-order valence-electron chi connectivity index (χ3n) is 2.76. The number of halogens is 1. The summed E-state index contributed by atoms with van der Waals surface area (Å²) in [6, 6.07) is 8.16. The number of rotatable bonds is 1. The van der Waals surface area contributed by atoms with E-state index in [-0.39, 0.29) is 5.91 Å². The molecule has 1 aliphatic heterocycles. The predicted octanol–water partition coefficient (Wildman–Crippen LogP) is 2.61. The Kier molecular flexibility index (Phi) is 3.10. The zero-order valence-electron chi connectivity index (χ0n) is 8.74. The van der Waals surface area contributed by atoms with Crippen molar-refractivity contribution in [3.63, 3.8) is 0 Å². The minimum absolute atomic E-state index is 0.147. The fourth-order valence-corrected chi connectivity index (χ4v) is 2.41. The maximum atomic E-state index is 11.8. The van der Waals surface area contributed by atoms with E-state index >= 15 is 0 Å². The van der Waals surface area contributed by atoms with Crippen molar-refractivity contribution in [1.29, 1.82) is 0 Å². The van der Waals surface area contributed by atoms with Gasteiger partial charge < -0.3 is 4.90 Å². The summed E-state index contributed by atoms with van der Waals surface area (Å²) in [7, 11) is 0. The maximum absolute atomic E-state index is 11.8. The van der Waals surface area contributed by atoms with Crippen LogP contribution in [-0.2, 0) is 11.2 Å². The average molecular weight is 268 g/mol. The number of nitrogens with zero attached hydrogens (tertiary/aromatic N) is 1. The van der Waals surface area contributed by atoms with Crippen LogP contribution in [0, 0.1) is 5.92 Å². The summed E-state index contributed by atoms with van der Waals surface area (Å²) in [6.45, 7) is 3.02. The van der Waals surface area contributed by atoms with Gasteiger partial charge in [-0.25, -0.2) is 0 Å². The molecule has 0 radical (unpaired) electrons. The Hall–Kier alpha value is -0.830. The second kappa shape index (κ2) is 4.35. The lowest BCUT2D eigenvalue weighted by Gasteiger charge is -2.32. The molecule has 0 spiro atoms. The monoisotopic (exact) mass is 267 g/mol. The molecule has 0 aromatic heterocycles. The van der Waals surface area contributed by atoms with Gasteiger partial charge in [0.2, 0.25) is 5.91 Å². The Morgan fingerprint density at radius 2 is 2.27 bits per heavy atom. The molecule has 0 aliphatic carbocycles. The van der Waals surface area contributed by atoms with Gasteiger partial charge in [0.1, 0.15) is 0 Å². The van der Waals surface area contributed by atoms with Gasteiger partial charge >= 0.3 is 0 Å². The van der Waals surface area contributed by atoms with Gasteiger partial charge in [-0.15, -0.1) is 0 Å². The lowest BCUT2D eigenvalue weighted by atomic mass is 9.94. The number of fused-ring (bicyclic) bond motifs is 1. The van der Waals surface area contributed by atoms with Crippen LogP contribution >= 0.6 is 15.9 Å². The zero-order valence-corrected chi connectivity index (χ0v) is 10.3. The Morgan fingerprint density at radius 1 is 1.53 bits per heavy atom. The summed E-state index contributed by atoms with van der Waals surface area (Å²) < 4.78 is 0. The van der Waals surface area contributed by atoms with E-state index in [0.717, 1.165) is 18.7 Å². The molecule has 2 nitrogen and oxygen atoms in total. The third-order valence-corrected chi connectivity index (χ3v) is 3.24. The van der Waals surface area contributed by atoms with Crippen LogP contribution in [0.15, 0.2) is 24.3 Å². The van der Waals surface area contributed by atoms with E-state index in [0.29, 0.717) is 11.2 Å². The van der Waals surface area contributed by atoms with Crippen LogP contribution in [0.4, 0.5) is 5.69 Å². The first kappa shape index (κ1) is 10.7. The van der Waals surface area contributed by atoms with Gasteiger partial charge in [0.25, 0.3) is 0 Å². The van der Waals surface area contributed by atoms with E-state index in [4.69, 9.17) is 0 Å². The molecule has 1 aromatic rings. The van der Waals surface area contributed by atoms with E-state index in [1.165, 1.54) is 5.56 Å². The van der Waals surface area contributed by atoms with Crippen LogP contribution in [0.1, 0.15) is 12.5 Å². The smallest absolute Gasteiger partial charge is 0.237 e. The number of carbonyl (C=O) groups excluding carboxylic acids is 1. The molecular formula is C12H14BrNO. The van der Waals surface area contributed by atoms with Gasteiger partial charge in [0.15, 0.2) is 0 Å². The largest absolute Gasteiger partial charge is 0.311 e. The number of alkyl halides is 1. The molecule has 0 N–H and O–H groups in total. The molecule has 1 atom stereocenters. The molecule has 80 valence electrons. The zero-order chi connectivity index (χ0) is 10.8. The molecule has 1 amide bonds. The van der Waals surface area contributed by atoms with E-state index in [1.54, 1.807) is 0 Å². The molecule has 2 rings (SSSR count). The van der Waals surface area contributed by atoms with E-state index in [1.807, 2.05) is 23.1 Å². The van der Waals surface area contributed by atoms with Crippen molar-refractivity contribution in [3.8, 4) is 0 Å². The van der Waals surface area contributed by atoms with Crippen LogP contribution in [-0.4, -0.2) is 17.8 Å². The fraction of sp³-hybridized carbons (Fsp3) is 0.417. The highest BCUT2D eigenvalue weighted by atomic mass is 79.9. The summed E-state index contributed by atoms with van der Waals surface area (Å²) >= 11 is 3.23. The first-order valence-electron chi connectivity index (χ1n) is 5.16. The van der Waals surface area contributed by atoms with Crippen molar-refractivity contribution in [2.24, 2.45) is 5.92 Å². The molecule has 1 unspecified atom stereocenters. The number of anilines is 1. The van der Waals surface area contributed by atoms with Crippen LogP contribution in [0.25, 0.3) is 0 Å². The number of benzene rings is 1. The molecule has 0 fully saturated rings. The van der Waals surface area contributed by atoms with Crippen molar-refractivity contribution < 1.29 is 4.79 Å². The number of hydrogen-bond acceptors (Lipinski definition) is 1. The van der Waals surface area contributed by atoms with Gasteiger partial charge in [-0.2, -0.15) is 0 Å². The predicted molar refractivity (Wildman–Crippen MR) is 65.5 cm³/mol. The van der Waals surface area contributed by atoms with Crippen molar-refractivity contribution in [3.05, 3.63) is 29.8 Å². The summed E-state index contributed by atoms with van der Waals surface area (Å²) in [5.74, 6) is 0.692. The van der Waals surface area contributed by atoms with Gasteiger partial charge in [-0.3, -0.25) is 4.79 Å². The number of para-hydroxylation sites is 1. The van der Waals surface area contributed by atoms with E-state index in [2.05, 4.69) is 28.9 Å². The molecular weight excluding hydrogens is 254 g/mol. The summed E-state index contributed by atoms with van der Waals surface area (Å²) in [5.41, 5.74) is 2.37. The minimum atomic E-state index is 0.147. The third kappa shape index (κ3) is 2.07. The molecule has 0 bridgehead atoms. The summed E-state index contributed by atoms with van der Waals surface area (Å²) in [6.07, 6.45) is 1.07. The van der Waals surface area contributed by atoms with Crippen LogP contribution in [0.5, 0.6) is 0 Å². The minimum Gasteiger partial charge on any atom is -0.311 e. The van der Waals surface area contributed by atoms with E-state index in [9.17, 15) is 4.79 Å². The van der Waals surface area contributed by atoms with Crippen LogP contribution < -0.4 is 4.90 Å². The average Bonchev–Trinajstić information content (AvgIpc) is 2.26. The summed E-state index contributed by atoms with van der Waals surface area (Å²) in [4.78, 5) is 13.6. The lowest BCUT2D eigenvalue weighted by Crippen LogP contribution is -2.39. The first-order valence-corrected chi connectivity index (χ1v) is 6.28. The Bertz CT molecular complexity index is 378. The van der Waals surface area contributed by atoms with Gasteiger partial charge in [0.05, 0.1) is 5.33 Å². The topological polar surface area (TPSA) is 20.3 Å². The maximum Gasteiger partial charge on any atom is 0.237 e. The highest BCUT2D eigenvalue weighted by molar-refractivity contribution is 9.09. The molecule has 1 aliphatic rings.